The molecule has 0 radical (unpaired) electrons. The van der Waals surface area contributed by atoms with Crippen LogP contribution in [0.5, 0.6) is 0 Å². The van der Waals surface area contributed by atoms with Crippen molar-refractivity contribution < 1.29 is 0 Å². The van der Waals surface area contributed by atoms with Gasteiger partial charge in [0.2, 0.25) is 0 Å². The summed E-state index contributed by atoms with van der Waals surface area (Å²) in [6.07, 6.45) is 4.18. The number of nitrogens with one attached hydrogen (secondary N) is 1. The van der Waals surface area contributed by atoms with Crippen molar-refractivity contribution >= 4 is 17.4 Å². The lowest BCUT2D eigenvalue weighted by atomic mass is 10.1. The third-order valence-electron chi connectivity index (χ3n) is 3.35. The minimum atomic E-state index is 0.454. The molecule has 2 aromatic carbocycles. The molecule has 0 fully saturated rings. The lowest BCUT2D eigenvalue weighted by Gasteiger charge is -2.17. The standard InChI is InChI=1S/C19H23NS/c1-3-15-21-19-12-8-7-11-18(19)20-16(2)13-14-17-9-5-4-6-10-17/h3-12,16,20H,1,13-15H2,2H3. The van der Waals surface area contributed by atoms with Crippen LogP contribution in [-0.2, 0) is 6.42 Å². The van der Waals surface area contributed by atoms with E-state index in [1.54, 1.807) is 0 Å². The van der Waals surface area contributed by atoms with E-state index in [1.165, 1.54) is 16.1 Å². The first-order valence-electron chi connectivity index (χ1n) is 7.43. The van der Waals surface area contributed by atoms with Crippen LogP contribution >= 0.6 is 11.8 Å². The highest BCUT2D eigenvalue weighted by molar-refractivity contribution is 7.99. The van der Waals surface area contributed by atoms with Crippen LogP contribution in [-0.4, -0.2) is 11.8 Å². The van der Waals surface area contributed by atoms with Crippen LogP contribution in [0.3, 0.4) is 0 Å². The molecule has 0 amide bonds. The maximum atomic E-state index is 3.79. The second kappa shape index (κ2) is 8.58. The van der Waals surface area contributed by atoms with E-state index in [4.69, 9.17) is 0 Å². The molecule has 0 heterocycles. The van der Waals surface area contributed by atoms with Crippen LogP contribution in [0.25, 0.3) is 0 Å². The molecule has 0 bridgehead atoms. The molecule has 110 valence electrons. The van der Waals surface area contributed by atoms with Crippen LogP contribution in [0, 0.1) is 0 Å². The van der Waals surface area contributed by atoms with Gasteiger partial charge in [-0.3, -0.25) is 0 Å². The Bertz CT molecular complexity index is 551. The van der Waals surface area contributed by atoms with Crippen molar-refractivity contribution in [3.8, 4) is 0 Å². The van der Waals surface area contributed by atoms with Gasteiger partial charge in [-0.2, -0.15) is 0 Å². The van der Waals surface area contributed by atoms with Gasteiger partial charge in [0, 0.05) is 22.4 Å². The summed E-state index contributed by atoms with van der Waals surface area (Å²) >= 11 is 1.82. The maximum absolute atomic E-state index is 3.79. The van der Waals surface area contributed by atoms with Gasteiger partial charge in [0.15, 0.2) is 0 Å². The van der Waals surface area contributed by atoms with Crippen LogP contribution < -0.4 is 5.32 Å². The molecule has 1 N–H and O–H groups in total. The number of aryl methyl sites for hydroxylation is 1. The first-order chi connectivity index (χ1) is 10.3. The van der Waals surface area contributed by atoms with Crippen LogP contribution in [0.4, 0.5) is 5.69 Å². The van der Waals surface area contributed by atoms with Gasteiger partial charge in [-0.1, -0.05) is 48.5 Å². The predicted octanol–water partition coefficient (Wildman–Crippen LogP) is 5.40. The van der Waals surface area contributed by atoms with E-state index in [9.17, 15) is 0 Å². The molecule has 1 atom stereocenters. The zero-order valence-electron chi connectivity index (χ0n) is 12.6. The summed E-state index contributed by atoms with van der Waals surface area (Å²) in [6, 6.07) is 19.6. The Morgan fingerprint density at radius 2 is 1.81 bits per heavy atom. The van der Waals surface area contributed by atoms with Gasteiger partial charge >= 0.3 is 0 Å². The molecule has 1 unspecified atom stereocenters. The molecular weight excluding hydrogens is 274 g/mol. The van der Waals surface area contributed by atoms with Gasteiger partial charge in [0.1, 0.15) is 0 Å². The van der Waals surface area contributed by atoms with E-state index in [0.29, 0.717) is 6.04 Å². The zero-order valence-corrected chi connectivity index (χ0v) is 13.4. The van der Waals surface area contributed by atoms with Gasteiger partial charge < -0.3 is 5.32 Å². The second-order valence-electron chi connectivity index (χ2n) is 5.17. The monoisotopic (exact) mass is 297 g/mol. The van der Waals surface area contributed by atoms with Crippen molar-refractivity contribution in [1.29, 1.82) is 0 Å². The van der Waals surface area contributed by atoms with Crippen molar-refractivity contribution in [2.75, 3.05) is 11.1 Å². The van der Waals surface area contributed by atoms with Crippen molar-refractivity contribution in [2.24, 2.45) is 0 Å². The molecule has 2 rings (SSSR count). The van der Waals surface area contributed by atoms with Crippen molar-refractivity contribution in [2.45, 2.75) is 30.7 Å². The van der Waals surface area contributed by atoms with E-state index in [-0.39, 0.29) is 0 Å². The van der Waals surface area contributed by atoms with Crippen molar-refractivity contribution in [3.63, 3.8) is 0 Å². The number of thioether (sulfide) groups is 1. The highest BCUT2D eigenvalue weighted by atomic mass is 32.2. The summed E-state index contributed by atoms with van der Waals surface area (Å²) in [5.41, 5.74) is 2.63. The van der Waals surface area contributed by atoms with E-state index < -0.39 is 0 Å². The molecule has 1 nitrogen and oxygen atoms in total. The highest BCUT2D eigenvalue weighted by Gasteiger charge is 2.06. The molecule has 0 aliphatic rings. The molecule has 0 saturated heterocycles. The first-order valence-corrected chi connectivity index (χ1v) is 8.41. The Morgan fingerprint density at radius 1 is 1.10 bits per heavy atom. The summed E-state index contributed by atoms with van der Waals surface area (Å²) in [6.45, 7) is 6.04. The minimum Gasteiger partial charge on any atom is -0.382 e. The zero-order chi connectivity index (χ0) is 14.9. The largest absolute Gasteiger partial charge is 0.382 e. The number of hydrogen-bond donors (Lipinski definition) is 1. The van der Waals surface area contributed by atoms with Crippen molar-refractivity contribution in [1.82, 2.24) is 0 Å². The molecule has 0 spiro atoms. The number of rotatable bonds is 8. The molecule has 2 heteroatoms. The molecule has 0 saturated carbocycles. The maximum Gasteiger partial charge on any atom is 0.0480 e. The third-order valence-corrected chi connectivity index (χ3v) is 4.42. The summed E-state index contributed by atoms with van der Waals surface area (Å²) in [5, 5.41) is 3.63. The van der Waals surface area contributed by atoms with E-state index in [0.717, 1.165) is 18.6 Å². The second-order valence-corrected chi connectivity index (χ2v) is 6.23. The quantitative estimate of drug-likeness (QED) is 0.517. The lowest BCUT2D eigenvalue weighted by Crippen LogP contribution is -2.16. The Labute approximate surface area is 132 Å². The molecule has 2 aromatic rings. The number of para-hydroxylation sites is 1. The fourth-order valence-corrected chi connectivity index (χ4v) is 2.98. The normalized spacial score (nSPS) is 11.9. The van der Waals surface area contributed by atoms with Gasteiger partial charge in [0.05, 0.1) is 0 Å². The Kier molecular flexibility index (Phi) is 6.42. The lowest BCUT2D eigenvalue weighted by molar-refractivity contribution is 0.704. The fourth-order valence-electron chi connectivity index (χ4n) is 2.23. The van der Waals surface area contributed by atoms with Crippen LogP contribution in [0.1, 0.15) is 18.9 Å². The summed E-state index contributed by atoms with van der Waals surface area (Å²) in [5.74, 6) is 0.942. The Hall–Kier alpha value is -1.67. The van der Waals surface area contributed by atoms with E-state index in [2.05, 4.69) is 73.4 Å². The Morgan fingerprint density at radius 3 is 2.57 bits per heavy atom. The topological polar surface area (TPSA) is 12.0 Å². The van der Waals surface area contributed by atoms with Gasteiger partial charge in [-0.05, 0) is 37.5 Å². The smallest absolute Gasteiger partial charge is 0.0480 e. The average molecular weight is 297 g/mol. The molecule has 0 aliphatic carbocycles. The number of anilines is 1. The highest BCUT2D eigenvalue weighted by Crippen LogP contribution is 2.27. The van der Waals surface area contributed by atoms with Crippen LogP contribution in [0.2, 0.25) is 0 Å². The van der Waals surface area contributed by atoms with Gasteiger partial charge in [-0.15, -0.1) is 18.3 Å². The minimum absolute atomic E-state index is 0.454. The van der Waals surface area contributed by atoms with E-state index >= 15 is 0 Å². The molecule has 0 aromatic heterocycles. The summed E-state index contributed by atoms with van der Waals surface area (Å²) in [4.78, 5) is 1.30. The predicted molar refractivity (Wildman–Crippen MR) is 95.2 cm³/mol. The summed E-state index contributed by atoms with van der Waals surface area (Å²) in [7, 11) is 0. The molecule has 0 aliphatic heterocycles. The first kappa shape index (κ1) is 15.7. The molecular formula is C19H23NS. The van der Waals surface area contributed by atoms with Crippen LogP contribution in [0.15, 0.2) is 72.1 Å². The van der Waals surface area contributed by atoms with Gasteiger partial charge in [-0.25, -0.2) is 0 Å². The fraction of sp³-hybridized carbons (Fsp3) is 0.263. The Balaban J connectivity index is 1.90. The SMILES string of the molecule is C=CCSc1ccccc1NC(C)CCc1ccccc1. The number of hydrogen-bond acceptors (Lipinski definition) is 2. The van der Waals surface area contributed by atoms with Gasteiger partial charge in [0.25, 0.3) is 0 Å². The third kappa shape index (κ3) is 5.31. The van der Waals surface area contributed by atoms with E-state index in [1.807, 2.05) is 17.8 Å². The molecule has 21 heavy (non-hydrogen) atoms. The van der Waals surface area contributed by atoms with Crippen molar-refractivity contribution in [3.05, 3.63) is 72.8 Å². The average Bonchev–Trinajstić information content (AvgIpc) is 2.53. The number of benzene rings is 2. The summed E-state index contributed by atoms with van der Waals surface area (Å²) < 4.78 is 0.